The molecule has 0 unspecified atom stereocenters. The number of carbonyl (C=O) groups excluding carboxylic acids is 1. The number of anilines is 2. The molecule has 2 aromatic heterocycles. The molecule has 38 heavy (non-hydrogen) atoms. The Morgan fingerprint density at radius 1 is 0.974 bits per heavy atom. The first kappa shape index (κ1) is 25.7. The van der Waals surface area contributed by atoms with E-state index in [0.717, 1.165) is 13.1 Å². The molecule has 3 heterocycles. The Kier molecular flexibility index (Phi) is 7.30. The second-order valence-electron chi connectivity index (χ2n) is 9.17. The van der Waals surface area contributed by atoms with Gasteiger partial charge in [-0.15, -0.1) is 0 Å². The summed E-state index contributed by atoms with van der Waals surface area (Å²) in [5.41, 5.74) is 2.17. The molecular formula is C27H30N6O4S. The van der Waals surface area contributed by atoms with Crippen LogP contribution in [0, 0.1) is 0 Å². The van der Waals surface area contributed by atoms with Gasteiger partial charge in [-0.1, -0.05) is 30.3 Å². The summed E-state index contributed by atoms with van der Waals surface area (Å²) in [6.07, 6.45) is 1.47. The SMILES string of the molecule is CCOc1nc(Nc2ccc(C(=O)N3CCN(C)CC3)cc2)nc2c1ccn2S(=O)(=O)Cc1ccccc1. The van der Waals surface area contributed by atoms with Gasteiger partial charge in [-0.3, -0.25) is 4.79 Å². The molecule has 198 valence electrons. The van der Waals surface area contributed by atoms with Gasteiger partial charge in [-0.25, -0.2) is 12.4 Å². The van der Waals surface area contributed by atoms with Crippen molar-refractivity contribution in [3.63, 3.8) is 0 Å². The van der Waals surface area contributed by atoms with Gasteiger partial charge >= 0.3 is 0 Å². The summed E-state index contributed by atoms with van der Waals surface area (Å²) in [6, 6.07) is 17.7. The van der Waals surface area contributed by atoms with E-state index in [0.29, 0.717) is 41.9 Å². The summed E-state index contributed by atoms with van der Waals surface area (Å²) in [5.74, 6) is 0.309. The van der Waals surface area contributed by atoms with Crippen molar-refractivity contribution in [3.05, 3.63) is 78.0 Å². The highest BCUT2D eigenvalue weighted by Gasteiger charge is 2.22. The number of piperazine rings is 1. The van der Waals surface area contributed by atoms with Crippen LogP contribution >= 0.6 is 0 Å². The zero-order valence-electron chi connectivity index (χ0n) is 21.4. The first-order chi connectivity index (χ1) is 18.3. The number of hydrogen-bond donors (Lipinski definition) is 1. The third kappa shape index (κ3) is 5.48. The van der Waals surface area contributed by atoms with E-state index in [2.05, 4.69) is 20.2 Å². The zero-order chi connectivity index (χ0) is 26.7. The van der Waals surface area contributed by atoms with E-state index < -0.39 is 10.0 Å². The summed E-state index contributed by atoms with van der Waals surface area (Å²) in [6.45, 7) is 5.32. The number of nitrogens with one attached hydrogen (secondary N) is 1. The van der Waals surface area contributed by atoms with E-state index in [-0.39, 0.29) is 29.1 Å². The topological polar surface area (TPSA) is 110 Å². The van der Waals surface area contributed by atoms with E-state index in [1.807, 2.05) is 24.9 Å². The molecule has 0 saturated carbocycles. The molecule has 11 heteroatoms. The fourth-order valence-electron chi connectivity index (χ4n) is 4.36. The second kappa shape index (κ2) is 10.8. The standard InChI is InChI=1S/C27H30N6O4S/c1-3-37-25-23-13-14-33(38(35,36)19-20-7-5-4-6-8-20)24(23)29-27(30-25)28-22-11-9-21(10-12-22)26(34)32-17-15-31(2)16-18-32/h4-14H,3,15-19H2,1-2H3,(H,28,29,30). The van der Waals surface area contributed by atoms with Gasteiger partial charge in [-0.05, 0) is 49.9 Å². The van der Waals surface area contributed by atoms with Gasteiger partial charge in [0.2, 0.25) is 21.9 Å². The predicted molar refractivity (Wildman–Crippen MR) is 146 cm³/mol. The fourth-order valence-corrected chi connectivity index (χ4v) is 5.76. The number of likely N-dealkylation sites (N-methyl/N-ethyl adjacent to an activating group) is 1. The molecule has 1 N–H and O–H groups in total. The first-order valence-electron chi connectivity index (χ1n) is 12.5. The molecule has 0 aliphatic carbocycles. The summed E-state index contributed by atoms with van der Waals surface area (Å²) < 4.78 is 33.4. The number of amides is 1. The van der Waals surface area contributed by atoms with Gasteiger partial charge in [0, 0.05) is 43.6 Å². The number of hydrogen-bond acceptors (Lipinski definition) is 8. The largest absolute Gasteiger partial charge is 0.477 e. The van der Waals surface area contributed by atoms with Crippen molar-refractivity contribution < 1.29 is 17.9 Å². The highest BCUT2D eigenvalue weighted by molar-refractivity contribution is 7.89. The Bertz CT molecular complexity index is 1530. The Labute approximate surface area is 221 Å². The molecule has 0 radical (unpaired) electrons. The van der Waals surface area contributed by atoms with E-state index in [1.54, 1.807) is 54.6 Å². The molecule has 1 fully saturated rings. The minimum atomic E-state index is -3.75. The minimum Gasteiger partial charge on any atom is -0.477 e. The number of benzene rings is 2. The lowest BCUT2D eigenvalue weighted by molar-refractivity contribution is 0.0664. The predicted octanol–water partition coefficient (Wildman–Crippen LogP) is 3.34. The van der Waals surface area contributed by atoms with Gasteiger partial charge in [0.1, 0.15) is 0 Å². The molecule has 1 amide bonds. The van der Waals surface area contributed by atoms with Crippen LogP contribution < -0.4 is 10.1 Å². The molecule has 0 spiro atoms. The average molecular weight is 535 g/mol. The van der Waals surface area contributed by atoms with Crippen molar-refractivity contribution in [2.24, 2.45) is 0 Å². The Hall–Kier alpha value is -3.96. The van der Waals surface area contributed by atoms with Crippen LogP contribution in [0.1, 0.15) is 22.8 Å². The van der Waals surface area contributed by atoms with Crippen LogP contribution in [0.2, 0.25) is 0 Å². The Balaban J connectivity index is 1.41. The van der Waals surface area contributed by atoms with Crippen molar-refractivity contribution >= 4 is 38.6 Å². The average Bonchev–Trinajstić information content (AvgIpc) is 3.35. The fraction of sp³-hybridized carbons (Fsp3) is 0.296. The van der Waals surface area contributed by atoms with Crippen LogP contribution in [-0.2, 0) is 15.8 Å². The van der Waals surface area contributed by atoms with Crippen LogP contribution in [0.4, 0.5) is 11.6 Å². The van der Waals surface area contributed by atoms with Crippen LogP contribution in [0.3, 0.4) is 0 Å². The summed E-state index contributed by atoms with van der Waals surface area (Å²) in [4.78, 5) is 25.9. The van der Waals surface area contributed by atoms with E-state index in [1.165, 1.54) is 10.2 Å². The van der Waals surface area contributed by atoms with Crippen molar-refractivity contribution in [1.29, 1.82) is 0 Å². The van der Waals surface area contributed by atoms with Crippen LogP contribution in [0.15, 0.2) is 66.9 Å². The lowest BCUT2D eigenvalue weighted by atomic mass is 10.1. The highest BCUT2D eigenvalue weighted by atomic mass is 32.2. The smallest absolute Gasteiger partial charge is 0.253 e. The van der Waals surface area contributed by atoms with Crippen molar-refractivity contribution in [1.82, 2.24) is 23.7 Å². The molecule has 4 aromatic rings. The van der Waals surface area contributed by atoms with E-state index in [4.69, 9.17) is 4.74 Å². The van der Waals surface area contributed by atoms with Crippen LogP contribution in [0.5, 0.6) is 5.88 Å². The molecule has 10 nitrogen and oxygen atoms in total. The summed E-state index contributed by atoms with van der Waals surface area (Å²) >= 11 is 0. The third-order valence-corrected chi connectivity index (χ3v) is 8.02. The number of ether oxygens (including phenoxy) is 1. The van der Waals surface area contributed by atoms with Crippen LogP contribution in [-0.4, -0.2) is 77.9 Å². The monoisotopic (exact) mass is 534 g/mol. The van der Waals surface area contributed by atoms with Crippen molar-refractivity contribution in [2.75, 3.05) is 45.2 Å². The number of nitrogens with zero attached hydrogens (tertiary/aromatic N) is 5. The van der Waals surface area contributed by atoms with Crippen LogP contribution in [0.25, 0.3) is 11.0 Å². The van der Waals surface area contributed by atoms with E-state index >= 15 is 0 Å². The maximum Gasteiger partial charge on any atom is 0.253 e. The Morgan fingerprint density at radius 2 is 1.68 bits per heavy atom. The lowest BCUT2D eigenvalue weighted by Crippen LogP contribution is -2.47. The molecule has 1 aliphatic heterocycles. The number of carbonyl (C=O) groups is 1. The van der Waals surface area contributed by atoms with Gasteiger partial charge in [0.15, 0.2) is 5.65 Å². The highest BCUT2D eigenvalue weighted by Crippen LogP contribution is 2.28. The van der Waals surface area contributed by atoms with Gasteiger partial charge in [0.05, 0.1) is 17.7 Å². The molecule has 1 saturated heterocycles. The molecule has 0 atom stereocenters. The number of aromatic nitrogens is 3. The summed E-state index contributed by atoms with van der Waals surface area (Å²) in [7, 11) is -1.70. The molecule has 2 aromatic carbocycles. The lowest BCUT2D eigenvalue weighted by Gasteiger charge is -2.32. The second-order valence-corrected chi connectivity index (χ2v) is 11.0. The zero-order valence-corrected chi connectivity index (χ0v) is 22.2. The quantitative estimate of drug-likeness (QED) is 0.367. The normalized spacial score (nSPS) is 14.5. The van der Waals surface area contributed by atoms with Gasteiger partial charge in [0.25, 0.3) is 5.91 Å². The van der Waals surface area contributed by atoms with Gasteiger partial charge in [-0.2, -0.15) is 9.97 Å². The molecule has 0 bridgehead atoms. The maximum absolute atomic E-state index is 13.3. The molecular weight excluding hydrogens is 504 g/mol. The third-order valence-electron chi connectivity index (χ3n) is 6.43. The number of rotatable bonds is 8. The maximum atomic E-state index is 13.3. The Morgan fingerprint density at radius 3 is 2.37 bits per heavy atom. The molecule has 1 aliphatic rings. The molecule has 5 rings (SSSR count). The first-order valence-corrected chi connectivity index (χ1v) is 14.1. The number of fused-ring (bicyclic) bond motifs is 1. The summed E-state index contributed by atoms with van der Waals surface area (Å²) in [5, 5.41) is 3.62. The van der Waals surface area contributed by atoms with Crippen molar-refractivity contribution in [2.45, 2.75) is 12.7 Å². The minimum absolute atomic E-state index is 0.00222. The van der Waals surface area contributed by atoms with Crippen molar-refractivity contribution in [3.8, 4) is 5.88 Å². The van der Waals surface area contributed by atoms with Gasteiger partial charge < -0.3 is 19.9 Å². The van der Waals surface area contributed by atoms with E-state index in [9.17, 15) is 13.2 Å².